The van der Waals surface area contributed by atoms with Crippen molar-refractivity contribution < 1.29 is 14.4 Å². The first-order valence-corrected chi connectivity index (χ1v) is 7.89. The molecule has 0 aromatic rings. The van der Waals surface area contributed by atoms with Crippen LogP contribution in [0.2, 0.25) is 0 Å². The molecular weight excluding hydrogens is 270 g/mol. The molecule has 2 fully saturated rings. The summed E-state index contributed by atoms with van der Waals surface area (Å²) >= 11 is 0. The summed E-state index contributed by atoms with van der Waals surface area (Å²) in [6, 6.07) is -0.340. The van der Waals surface area contributed by atoms with E-state index in [-0.39, 0.29) is 24.4 Å². The Labute approximate surface area is 125 Å². The predicted molar refractivity (Wildman–Crippen MR) is 78.6 cm³/mol. The van der Waals surface area contributed by atoms with Crippen LogP contribution in [0.3, 0.4) is 0 Å². The molecule has 1 saturated heterocycles. The molecule has 0 atom stereocenters. The number of urea groups is 1. The maximum atomic E-state index is 12.7. The van der Waals surface area contributed by atoms with Gasteiger partial charge in [-0.3, -0.25) is 14.5 Å². The summed E-state index contributed by atoms with van der Waals surface area (Å²) in [6.07, 6.45) is 6.34. The lowest BCUT2D eigenvalue weighted by Gasteiger charge is -2.35. The minimum absolute atomic E-state index is 0.159. The van der Waals surface area contributed by atoms with Gasteiger partial charge in [0.2, 0.25) is 5.91 Å². The molecular formula is C15H25N3O3. The molecule has 1 spiro atoms. The molecule has 0 unspecified atom stereocenters. The number of rotatable bonds is 5. The molecule has 1 aliphatic carbocycles. The maximum absolute atomic E-state index is 12.7. The number of hydrogen-bond donors (Lipinski definition) is 1. The van der Waals surface area contributed by atoms with E-state index in [1.807, 2.05) is 6.92 Å². The van der Waals surface area contributed by atoms with Crippen LogP contribution >= 0.6 is 0 Å². The van der Waals surface area contributed by atoms with Crippen molar-refractivity contribution in [1.82, 2.24) is 15.1 Å². The predicted octanol–water partition coefficient (Wildman–Crippen LogP) is 1.50. The van der Waals surface area contributed by atoms with Crippen molar-refractivity contribution >= 4 is 17.8 Å². The Morgan fingerprint density at radius 1 is 1.24 bits per heavy atom. The summed E-state index contributed by atoms with van der Waals surface area (Å²) in [5.41, 5.74) is -0.695. The molecule has 2 aliphatic rings. The van der Waals surface area contributed by atoms with Crippen LogP contribution in [0.25, 0.3) is 0 Å². The SMILES string of the molecule is CCCCNC(=O)CN1C(=O)N(C)C2(CCCCC2)C1=O. The highest BCUT2D eigenvalue weighted by molar-refractivity contribution is 6.08. The number of likely N-dealkylation sites (N-methyl/N-ethyl adjacent to an activating group) is 1. The zero-order valence-electron chi connectivity index (χ0n) is 13.0. The zero-order valence-corrected chi connectivity index (χ0v) is 13.0. The van der Waals surface area contributed by atoms with Crippen molar-refractivity contribution in [3.63, 3.8) is 0 Å². The van der Waals surface area contributed by atoms with Gasteiger partial charge in [0.1, 0.15) is 12.1 Å². The van der Waals surface area contributed by atoms with E-state index in [0.717, 1.165) is 37.0 Å². The lowest BCUT2D eigenvalue weighted by molar-refractivity contribution is -0.137. The second kappa shape index (κ2) is 6.45. The number of amides is 4. The van der Waals surface area contributed by atoms with Crippen LogP contribution in [0, 0.1) is 0 Å². The van der Waals surface area contributed by atoms with Crippen LogP contribution < -0.4 is 5.32 Å². The van der Waals surface area contributed by atoms with E-state index in [9.17, 15) is 14.4 Å². The van der Waals surface area contributed by atoms with Gasteiger partial charge >= 0.3 is 6.03 Å². The molecule has 1 heterocycles. The van der Waals surface area contributed by atoms with Gasteiger partial charge in [-0.25, -0.2) is 4.79 Å². The normalized spacial score (nSPS) is 21.2. The Bertz CT molecular complexity index is 430. The average molecular weight is 295 g/mol. The summed E-state index contributed by atoms with van der Waals surface area (Å²) in [4.78, 5) is 39.5. The van der Waals surface area contributed by atoms with Gasteiger partial charge in [0.15, 0.2) is 0 Å². The lowest BCUT2D eigenvalue weighted by atomic mass is 9.81. The number of nitrogens with zero attached hydrogens (tertiary/aromatic N) is 2. The van der Waals surface area contributed by atoms with E-state index < -0.39 is 5.54 Å². The van der Waals surface area contributed by atoms with Crippen LogP contribution in [0.15, 0.2) is 0 Å². The fourth-order valence-corrected chi connectivity index (χ4v) is 3.28. The molecule has 118 valence electrons. The second-order valence-electron chi connectivity index (χ2n) is 6.03. The van der Waals surface area contributed by atoms with Crippen molar-refractivity contribution in [1.29, 1.82) is 0 Å². The first-order valence-electron chi connectivity index (χ1n) is 7.89. The molecule has 0 radical (unpaired) electrons. The van der Waals surface area contributed by atoms with E-state index >= 15 is 0 Å². The lowest BCUT2D eigenvalue weighted by Crippen LogP contribution is -2.49. The van der Waals surface area contributed by atoms with Gasteiger partial charge in [-0.15, -0.1) is 0 Å². The van der Waals surface area contributed by atoms with Crippen molar-refractivity contribution in [2.45, 2.75) is 57.4 Å². The highest BCUT2D eigenvalue weighted by Crippen LogP contribution is 2.39. The van der Waals surface area contributed by atoms with Crippen LogP contribution in [-0.4, -0.2) is 53.3 Å². The quantitative estimate of drug-likeness (QED) is 0.617. The number of unbranched alkanes of at least 4 members (excludes halogenated alkanes) is 1. The Hall–Kier alpha value is -1.59. The molecule has 0 bridgehead atoms. The van der Waals surface area contributed by atoms with Gasteiger partial charge in [-0.1, -0.05) is 32.6 Å². The number of nitrogens with one attached hydrogen (secondary N) is 1. The molecule has 2 rings (SSSR count). The van der Waals surface area contributed by atoms with Crippen molar-refractivity contribution in [3.8, 4) is 0 Å². The molecule has 21 heavy (non-hydrogen) atoms. The molecule has 0 aromatic heterocycles. The van der Waals surface area contributed by atoms with Crippen LogP contribution in [-0.2, 0) is 9.59 Å². The number of hydrogen-bond acceptors (Lipinski definition) is 3. The number of imide groups is 1. The Kier molecular flexibility index (Phi) is 4.85. The smallest absolute Gasteiger partial charge is 0.327 e. The largest absolute Gasteiger partial charge is 0.355 e. The summed E-state index contributed by atoms with van der Waals surface area (Å²) in [7, 11) is 1.68. The standard InChI is InChI=1S/C15H25N3O3/c1-3-4-10-16-12(19)11-18-13(20)15(17(2)14(18)21)8-6-5-7-9-15/h3-11H2,1-2H3,(H,16,19). The molecule has 4 amide bonds. The topological polar surface area (TPSA) is 69.7 Å². The van der Waals surface area contributed by atoms with Gasteiger partial charge < -0.3 is 10.2 Å². The third-order valence-corrected chi connectivity index (χ3v) is 4.64. The summed E-state index contributed by atoms with van der Waals surface area (Å²) < 4.78 is 0. The van der Waals surface area contributed by atoms with E-state index in [4.69, 9.17) is 0 Å². The Morgan fingerprint density at radius 3 is 2.52 bits per heavy atom. The van der Waals surface area contributed by atoms with Crippen LogP contribution in [0.5, 0.6) is 0 Å². The third kappa shape index (κ3) is 2.89. The second-order valence-corrected chi connectivity index (χ2v) is 6.03. The molecule has 1 N–H and O–H groups in total. The highest BCUT2D eigenvalue weighted by Gasteiger charge is 2.55. The Morgan fingerprint density at radius 2 is 1.90 bits per heavy atom. The summed E-state index contributed by atoms with van der Waals surface area (Å²) in [5, 5.41) is 2.75. The molecule has 1 saturated carbocycles. The highest BCUT2D eigenvalue weighted by atomic mass is 16.2. The van der Waals surface area contributed by atoms with E-state index in [1.54, 1.807) is 11.9 Å². The van der Waals surface area contributed by atoms with Gasteiger partial charge in [-0.05, 0) is 19.3 Å². The van der Waals surface area contributed by atoms with E-state index in [2.05, 4.69) is 5.32 Å². The van der Waals surface area contributed by atoms with E-state index in [0.29, 0.717) is 19.4 Å². The summed E-state index contributed by atoms with van der Waals surface area (Å²) in [5.74, 6) is -0.452. The average Bonchev–Trinajstić information content (AvgIpc) is 2.65. The minimum atomic E-state index is -0.695. The molecule has 1 aliphatic heterocycles. The molecule has 6 nitrogen and oxygen atoms in total. The summed E-state index contributed by atoms with van der Waals surface area (Å²) in [6.45, 7) is 2.47. The fourth-order valence-electron chi connectivity index (χ4n) is 3.28. The van der Waals surface area contributed by atoms with Crippen LogP contribution in [0.4, 0.5) is 4.79 Å². The molecule has 6 heteroatoms. The van der Waals surface area contributed by atoms with Crippen molar-refractivity contribution in [2.24, 2.45) is 0 Å². The van der Waals surface area contributed by atoms with Gasteiger partial charge in [0, 0.05) is 13.6 Å². The fraction of sp³-hybridized carbons (Fsp3) is 0.800. The first kappa shape index (κ1) is 15.8. The minimum Gasteiger partial charge on any atom is -0.355 e. The maximum Gasteiger partial charge on any atom is 0.327 e. The molecule has 0 aromatic carbocycles. The van der Waals surface area contributed by atoms with Crippen LogP contribution in [0.1, 0.15) is 51.9 Å². The zero-order chi connectivity index (χ0) is 15.5. The van der Waals surface area contributed by atoms with Gasteiger partial charge in [-0.2, -0.15) is 0 Å². The first-order chi connectivity index (χ1) is 10.0. The number of carbonyl (C=O) groups is 3. The third-order valence-electron chi connectivity index (χ3n) is 4.64. The monoisotopic (exact) mass is 295 g/mol. The van der Waals surface area contributed by atoms with E-state index in [1.165, 1.54) is 0 Å². The van der Waals surface area contributed by atoms with Gasteiger partial charge in [0.05, 0.1) is 0 Å². The Balaban J connectivity index is 2.02. The number of carbonyl (C=O) groups excluding carboxylic acids is 3. The van der Waals surface area contributed by atoms with Crippen molar-refractivity contribution in [2.75, 3.05) is 20.1 Å². The van der Waals surface area contributed by atoms with Crippen molar-refractivity contribution in [3.05, 3.63) is 0 Å². The van der Waals surface area contributed by atoms with Gasteiger partial charge in [0.25, 0.3) is 5.91 Å².